The first-order valence-electron chi connectivity index (χ1n) is 8.05. The smallest absolute Gasteiger partial charge is 0.348 e. The number of carbonyl (C=O) groups is 2. The van der Waals surface area contributed by atoms with Gasteiger partial charge in [0.05, 0.1) is 26.3 Å². The lowest BCUT2D eigenvalue weighted by atomic mass is 10.1. The number of methoxy groups -OCH3 is 2. The highest BCUT2D eigenvalue weighted by atomic mass is 32.2. The Kier molecular flexibility index (Phi) is 6.26. The third kappa shape index (κ3) is 4.15. The van der Waals surface area contributed by atoms with Crippen LogP contribution in [0.1, 0.15) is 31.2 Å². The van der Waals surface area contributed by atoms with Crippen LogP contribution in [0.15, 0.2) is 35.5 Å². The Morgan fingerprint density at radius 1 is 1.18 bits per heavy atom. The summed E-state index contributed by atoms with van der Waals surface area (Å²) in [6.07, 6.45) is 0. The largest absolute Gasteiger partial charge is 0.465 e. The molecule has 0 fully saturated rings. The number of benzene rings is 1. The fourth-order valence-electron chi connectivity index (χ4n) is 2.50. The fraction of sp³-hybridized carbons (Fsp3) is 0.235. The van der Waals surface area contributed by atoms with E-state index in [0.717, 1.165) is 16.9 Å². The lowest BCUT2D eigenvalue weighted by molar-refractivity contribution is 0.0601. The fourth-order valence-corrected chi connectivity index (χ4v) is 4.49. The molecule has 0 amide bonds. The average Bonchev–Trinajstić information content (AvgIpc) is 3.29. The molecule has 28 heavy (non-hydrogen) atoms. The van der Waals surface area contributed by atoms with Gasteiger partial charge in [-0.25, -0.2) is 14.3 Å². The Bertz CT molecular complexity index is 987. The molecular weight excluding hydrogens is 402 g/mol. The van der Waals surface area contributed by atoms with Crippen molar-refractivity contribution >= 4 is 40.0 Å². The minimum atomic E-state index is -0.608. The summed E-state index contributed by atoms with van der Waals surface area (Å²) in [6, 6.07) is 9.75. The number of nitrogens with zero attached hydrogens (tertiary/aromatic N) is 4. The van der Waals surface area contributed by atoms with Crippen LogP contribution in [0.4, 0.5) is 5.00 Å². The van der Waals surface area contributed by atoms with Crippen molar-refractivity contribution in [3.63, 3.8) is 0 Å². The number of hydrogen-bond donors (Lipinski definition) is 1. The Balaban J connectivity index is 1.86. The van der Waals surface area contributed by atoms with Crippen molar-refractivity contribution in [2.75, 3.05) is 20.0 Å². The topological polar surface area (TPSA) is 122 Å². The lowest BCUT2D eigenvalue weighted by Crippen LogP contribution is -2.09. The normalized spacial score (nSPS) is 10.6. The molecular formula is C17H17N5O4S2. The van der Waals surface area contributed by atoms with Crippen molar-refractivity contribution in [3.8, 4) is 0 Å². The van der Waals surface area contributed by atoms with E-state index >= 15 is 0 Å². The van der Waals surface area contributed by atoms with E-state index in [-0.39, 0.29) is 21.2 Å². The maximum atomic E-state index is 12.1. The van der Waals surface area contributed by atoms with Crippen LogP contribution < -0.4 is 5.73 Å². The highest BCUT2D eigenvalue weighted by molar-refractivity contribution is 7.98. The summed E-state index contributed by atoms with van der Waals surface area (Å²) in [5.41, 5.74) is 7.60. The minimum Gasteiger partial charge on any atom is -0.465 e. The van der Waals surface area contributed by atoms with Gasteiger partial charge < -0.3 is 15.2 Å². The molecule has 0 saturated heterocycles. The number of aromatic nitrogens is 4. The third-order valence-corrected chi connectivity index (χ3v) is 5.84. The van der Waals surface area contributed by atoms with Crippen molar-refractivity contribution in [2.24, 2.45) is 0 Å². The molecule has 2 N–H and O–H groups in total. The number of hydrogen-bond acceptors (Lipinski definition) is 10. The summed E-state index contributed by atoms with van der Waals surface area (Å²) in [4.78, 5) is 24.5. The quantitative estimate of drug-likeness (QED) is 0.453. The van der Waals surface area contributed by atoms with E-state index in [2.05, 4.69) is 15.5 Å². The molecule has 0 bridgehead atoms. The number of thiophene rings is 1. The van der Waals surface area contributed by atoms with Gasteiger partial charge in [0.1, 0.15) is 9.88 Å². The van der Waals surface area contributed by atoms with Crippen LogP contribution in [0, 0.1) is 0 Å². The zero-order valence-electron chi connectivity index (χ0n) is 15.1. The molecule has 146 valence electrons. The van der Waals surface area contributed by atoms with Gasteiger partial charge in [-0.05, 0) is 16.0 Å². The third-order valence-electron chi connectivity index (χ3n) is 3.81. The summed E-state index contributed by atoms with van der Waals surface area (Å²) in [7, 11) is 2.53. The molecule has 0 unspecified atom stereocenters. The summed E-state index contributed by atoms with van der Waals surface area (Å²) in [6.45, 7) is 0.496. The second kappa shape index (κ2) is 8.85. The summed E-state index contributed by atoms with van der Waals surface area (Å²) in [5, 5.41) is 12.5. The van der Waals surface area contributed by atoms with Crippen LogP contribution in [-0.4, -0.2) is 46.4 Å². The van der Waals surface area contributed by atoms with Crippen LogP contribution >= 0.6 is 23.1 Å². The number of thioether (sulfide) groups is 1. The molecule has 3 rings (SSSR count). The molecule has 0 radical (unpaired) electrons. The van der Waals surface area contributed by atoms with Crippen LogP contribution in [-0.2, 0) is 21.8 Å². The Labute approximate surface area is 168 Å². The highest BCUT2D eigenvalue weighted by Gasteiger charge is 2.27. The van der Waals surface area contributed by atoms with Crippen LogP contribution in [0.3, 0.4) is 0 Å². The van der Waals surface area contributed by atoms with E-state index in [0.29, 0.717) is 17.3 Å². The molecule has 0 atom stereocenters. The van der Waals surface area contributed by atoms with Gasteiger partial charge in [0.2, 0.25) is 5.16 Å². The van der Waals surface area contributed by atoms with E-state index in [9.17, 15) is 9.59 Å². The highest BCUT2D eigenvalue weighted by Crippen LogP contribution is 2.36. The molecule has 0 spiro atoms. The first kappa shape index (κ1) is 19.8. The Hall–Kier alpha value is -2.92. The number of nitrogens with two attached hydrogens (primary N) is 1. The van der Waals surface area contributed by atoms with Crippen LogP contribution in [0.5, 0.6) is 0 Å². The number of ether oxygens (including phenoxy) is 2. The molecule has 0 aliphatic rings. The summed E-state index contributed by atoms with van der Waals surface area (Å²) < 4.78 is 11.3. The Morgan fingerprint density at radius 2 is 1.89 bits per heavy atom. The molecule has 0 aliphatic heterocycles. The molecule has 9 nitrogen and oxygen atoms in total. The molecule has 11 heteroatoms. The zero-order valence-corrected chi connectivity index (χ0v) is 16.7. The molecule has 0 saturated carbocycles. The maximum Gasteiger partial charge on any atom is 0.348 e. The van der Waals surface area contributed by atoms with E-state index in [1.165, 1.54) is 26.0 Å². The van der Waals surface area contributed by atoms with Gasteiger partial charge in [0, 0.05) is 11.3 Å². The molecule has 1 aromatic carbocycles. The van der Waals surface area contributed by atoms with Gasteiger partial charge in [-0.2, -0.15) is 0 Å². The van der Waals surface area contributed by atoms with Gasteiger partial charge in [-0.15, -0.1) is 16.4 Å². The van der Waals surface area contributed by atoms with Crippen molar-refractivity contribution in [3.05, 3.63) is 51.9 Å². The number of anilines is 1. The van der Waals surface area contributed by atoms with Crippen molar-refractivity contribution in [2.45, 2.75) is 17.5 Å². The van der Waals surface area contributed by atoms with Crippen molar-refractivity contribution in [1.82, 2.24) is 20.2 Å². The average molecular weight is 419 g/mol. The first-order valence-corrected chi connectivity index (χ1v) is 9.86. The number of rotatable bonds is 7. The standard InChI is InChI=1S/C17H17N5O4S2/c1-25-15(23)12-11(13(16(24)26-2)28-14(12)18)9-27-17-19-20-21-22(17)8-10-6-4-3-5-7-10/h3-7H,8-9,18H2,1-2H3. The van der Waals surface area contributed by atoms with E-state index in [1.807, 2.05) is 30.3 Å². The number of esters is 2. The monoisotopic (exact) mass is 419 g/mol. The second-order valence-electron chi connectivity index (χ2n) is 5.53. The van der Waals surface area contributed by atoms with Gasteiger partial charge in [0.15, 0.2) is 0 Å². The Morgan fingerprint density at radius 3 is 2.57 bits per heavy atom. The van der Waals surface area contributed by atoms with Crippen molar-refractivity contribution in [1.29, 1.82) is 0 Å². The second-order valence-corrected chi connectivity index (χ2v) is 7.52. The van der Waals surface area contributed by atoms with Crippen LogP contribution in [0.25, 0.3) is 0 Å². The molecule has 2 heterocycles. The van der Waals surface area contributed by atoms with Gasteiger partial charge in [-0.3, -0.25) is 0 Å². The van der Waals surface area contributed by atoms with Crippen molar-refractivity contribution < 1.29 is 19.1 Å². The van der Waals surface area contributed by atoms with E-state index in [1.54, 1.807) is 4.68 Å². The SMILES string of the molecule is COC(=O)c1sc(N)c(C(=O)OC)c1CSc1nnnn1Cc1ccccc1. The van der Waals surface area contributed by atoms with Crippen LogP contribution in [0.2, 0.25) is 0 Å². The maximum absolute atomic E-state index is 12.1. The summed E-state index contributed by atoms with van der Waals surface area (Å²) in [5.74, 6) is -0.924. The predicted molar refractivity (Wildman–Crippen MR) is 104 cm³/mol. The lowest BCUT2D eigenvalue weighted by Gasteiger charge is -2.07. The van der Waals surface area contributed by atoms with E-state index < -0.39 is 11.9 Å². The number of tetrazole rings is 1. The van der Waals surface area contributed by atoms with Gasteiger partial charge in [-0.1, -0.05) is 42.1 Å². The molecule has 3 aromatic rings. The minimum absolute atomic E-state index is 0.169. The molecule has 2 aromatic heterocycles. The number of carbonyl (C=O) groups excluding carboxylic acids is 2. The first-order chi connectivity index (χ1) is 13.5. The van der Waals surface area contributed by atoms with Gasteiger partial charge >= 0.3 is 11.9 Å². The number of nitrogen functional groups attached to an aromatic ring is 1. The van der Waals surface area contributed by atoms with E-state index in [4.69, 9.17) is 15.2 Å². The van der Waals surface area contributed by atoms with Gasteiger partial charge in [0.25, 0.3) is 0 Å². The zero-order chi connectivity index (χ0) is 20.1. The predicted octanol–water partition coefficient (Wildman–Crippen LogP) is 2.23. The summed E-state index contributed by atoms with van der Waals surface area (Å²) >= 11 is 2.28. The molecule has 0 aliphatic carbocycles.